The first-order chi connectivity index (χ1) is 14.6. The molecule has 2 aromatic carbocycles. The van der Waals surface area contributed by atoms with Crippen molar-refractivity contribution < 1.29 is 23.9 Å². The number of imide groups is 1. The molecule has 2 aliphatic heterocycles. The number of fused-ring (bicyclic) bond motifs is 2. The van der Waals surface area contributed by atoms with E-state index in [1.807, 2.05) is 25.1 Å². The van der Waals surface area contributed by atoms with Crippen LogP contribution in [-0.2, 0) is 6.42 Å². The van der Waals surface area contributed by atoms with Crippen LogP contribution in [0.25, 0.3) is 0 Å². The predicted molar refractivity (Wildman–Crippen MR) is 110 cm³/mol. The minimum Gasteiger partial charge on any atom is -0.486 e. The number of ether oxygens (including phenoxy) is 2. The lowest BCUT2D eigenvalue weighted by atomic mass is 10.1. The molecule has 0 unspecified atom stereocenters. The van der Waals surface area contributed by atoms with E-state index in [0.717, 1.165) is 29.9 Å². The Morgan fingerprint density at radius 2 is 1.77 bits per heavy atom. The molecule has 156 valence electrons. The van der Waals surface area contributed by atoms with Crippen LogP contribution in [0, 0.1) is 0 Å². The van der Waals surface area contributed by atoms with Crippen LogP contribution in [0.5, 0.6) is 11.5 Å². The van der Waals surface area contributed by atoms with Gasteiger partial charge in [0.2, 0.25) is 0 Å². The topological polar surface area (TPSA) is 84.9 Å². The van der Waals surface area contributed by atoms with Crippen LogP contribution in [0.4, 0.5) is 0 Å². The van der Waals surface area contributed by atoms with Crippen molar-refractivity contribution in [2.45, 2.75) is 26.2 Å². The molecule has 0 saturated heterocycles. The summed E-state index contributed by atoms with van der Waals surface area (Å²) in [6.45, 7) is 3.92. The number of carbonyl (C=O) groups excluding carboxylic acids is 3. The zero-order valence-corrected chi connectivity index (χ0v) is 16.9. The molecular weight excluding hydrogens is 384 g/mol. The molecule has 30 heavy (non-hydrogen) atoms. The number of amides is 3. The molecule has 0 saturated carbocycles. The Bertz CT molecular complexity index is 1000. The van der Waals surface area contributed by atoms with Crippen LogP contribution < -0.4 is 14.8 Å². The molecule has 0 spiro atoms. The second-order valence-electron chi connectivity index (χ2n) is 7.36. The Kier molecular flexibility index (Phi) is 5.70. The molecule has 0 aromatic heterocycles. The third kappa shape index (κ3) is 3.87. The number of nitrogens with zero attached hydrogens (tertiary/aromatic N) is 1. The molecule has 1 N–H and O–H groups in total. The highest BCUT2D eigenvalue weighted by atomic mass is 16.6. The van der Waals surface area contributed by atoms with E-state index in [1.54, 1.807) is 12.1 Å². The van der Waals surface area contributed by atoms with Crippen LogP contribution in [0.2, 0.25) is 0 Å². The Balaban J connectivity index is 1.38. The normalized spacial score (nSPS) is 14.6. The largest absolute Gasteiger partial charge is 0.486 e. The van der Waals surface area contributed by atoms with Crippen LogP contribution in [0.1, 0.15) is 56.4 Å². The van der Waals surface area contributed by atoms with Gasteiger partial charge in [0.1, 0.15) is 13.2 Å². The summed E-state index contributed by atoms with van der Waals surface area (Å²) in [5.74, 6) is 0.574. The zero-order valence-electron chi connectivity index (χ0n) is 16.9. The number of hydrogen-bond donors (Lipinski definition) is 1. The van der Waals surface area contributed by atoms with Gasteiger partial charge >= 0.3 is 0 Å². The summed E-state index contributed by atoms with van der Waals surface area (Å²) in [6.07, 6.45) is 2.29. The quantitative estimate of drug-likeness (QED) is 0.712. The number of unbranched alkanes of at least 4 members (excludes halogenated alkanes) is 1. The maximum Gasteiger partial charge on any atom is 0.261 e. The molecule has 0 atom stereocenters. The summed E-state index contributed by atoms with van der Waals surface area (Å²) >= 11 is 0. The average Bonchev–Trinajstić information content (AvgIpc) is 3.01. The average molecular weight is 408 g/mol. The Morgan fingerprint density at radius 3 is 2.57 bits per heavy atom. The van der Waals surface area contributed by atoms with Crippen molar-refractivity contribution in [1.29, 1.82) is 0 Å². The lowest BCUT2D eigenvalue weighted by Crippen LogP contribution is -2.30. The molecule has 2 aliphatic rings. The van der Waals surface area contributed by atoms with Crippen molar-refractivity contribution in [3.05, 3.63) is 58.7 Å². The number of benzene rings is 2. The number of hydrogen-bond acceptors (Lipinski definition) is 5. The molecule has 7 nitrogen and oxygen atoms in total. The van der Waals surface area contributed by atoms with Crippen LogP contribution in [0.15, 0.2) is 36.4 Å². The lowest BCUT2D eigenvalue weighted by Gasteiger charge is -2.18. The summed E-state index contributed by atoms with van der Waals surface area (Å²) in [7, 11) is 0. The molecule has 0 radical (unpaired) electrons. The van der Waals surface area contributed by atoms with Gasteiger partial charge < -0.3 is 14.8 Å². The second-order valence-corrected chi connectivity index (χ2v) is 7.36. The molecule has 7 heteroatoms. The zero-order chi connectivity index (χ0) is 21.1. The van der Waals surface area contributed by atoms with Gasteiger partial charge in [-0.15, -0.1) is 0 Å². The molecule has 0 bridgehead atoms. The summed E-state index contributed by atoms with van der Waals surface area (Å²) < 4.78 is 11.1. The van der Waals surface area contributed by atoms with Crippen molar-refractivity contribution >= 4 is 17.7 Å². The maximum absolute atomic E-state index is 12.6. The smallest absolute Gasteiger partial charge is 0.261 e. The summed E-state index contributed by atoms with van der Waals surface area (Å²) in [6, 6.07) is 10.4. The van der Waals surface area contributed by atoms with Gasteiger partial charge in [-0.3, -0.25) is 19.3 Å². The Labute approximate surface area is 175 Å². The molecule has 0 fully saturated rings. The van der Waals surface area contributed by atoms with Gasteiger partial charge in [-0.1, -0.05) is 19.4 Å². The molecule has 3 amide bonds. The highest BCUT2D eigenvalue weighted by Crippen LogP contribution is 2.30. The maximum atomic E-state index is 12.6. The third-order valence-electron chi connectivity index (χ3n) is 5.27. The summed E-state index contributed by atoms with van der Waals surface area (Å²) in [4.78, 5) is 38.8. The van der Waals surface area contributed by atoms with Crippen LogP contribution in [-0.4, -0.2) is 48.9 Å². The van der Waals surface area contributed by atoms with Crippen LogP contribution in [0.3, 0.4) is 0 Å². The first-order valence-corrected chi connectivity index (χ1v) is 10.3. The highest BCUT2D eigenvalue weighted by Gasteiger charge is 2.35. The van der Waals surface area contributed by atoms with Gasteiger partial charge in [-0.2, -0.15) is 0 Å². The van der Waals surface area contributed by atoms with Gasteiger partial charge in [0.15, 0.2) is 11.5 Å². The van der Waals surface area contributed by atoms with Gasteiger partial charge in [-0.25, -0.2) is 0 Å². The number of carbonyl (C=O) groups is 3. The van der Waals surface area contributed by atoms with Crippen molar-refractivity contribution in [1.82, 2.24) is 10.2 Å². The lowest BCUT2D eigenvalue weighted by molar-refractivity contribution is 0.0652. The van der Waals surface area contributed by atoms with E-state index >= 15 is 0 Å². The first-order valence-electron chi connectivity index (χ1n) is 10.3. The molecular formula is C23H24N2O5. The van der Waals surface area contributed by atoms with Gasteiger partial charge in [-0.05, 0) is 48.7 Å². The fourth-order valence-corrected chi connectivity index (χ4v) is 3.62. The van der Waals surface area contributed by atoms with Crippen molar-refractivity contribution in [3.63, 3.8) is 0 Å². The van der Waals surface area contributed by atoms with E-state index in [-0.39, 0.29) is 17.7 Å². The standard InChI is InChI=1S/C23H24N2O5/c1-2-3-10-25-22(27)17-6-5-16(14-18(17)23(25)28)21(26)24-9-8-15-4-7-19-20(13-15)30-12-11-29-19/h4-7,13-14H,2-3,8-12H2,1H3,(H,24,26). The predicted octanol–water partition coefficient (Wildman–Crippen LogP) is 2.83. The molecule has 2 aromatic rings. The molecule has 2 heterocycles. The Hall–Kier alpha value is -3.35. The van der Waals surface area contributed by atoms with E-state index in [9.17, 15) is 14.4 Å². The minimum absolute atomic E-state index is 0.275. The Morgan fingerprint density at radius 1 is 1.00 bits per heavy atom. The van der Waals surface area contributed by atoms with E-state index in [1.165, 1.54) is 11.0 Å². The van der Waals surface area contributed by atoms with E-state index in [0.29, 0.717) is 49.4 Å². The molecule has 4 rings (SSSR count). The van der Waals surface area contributed by atoms with Crippen molar-refractivity contribution in [3.8, 4) is 11.5 Å². The van der Waals surface area contributed by atoms with E-state index in [4.69, 9.17) is 9.47 Å². The summed E-state index contributed by atoms with van der Waals surface area (Å²) in [5, 5.41) is 2.87. The van der Waals surface area contributed by atoms with Gasteiger partial charge in [0.25, 0.3) is 17.7 Å². The first kappa shape index (κ1) is 19.9. The van der Waals surface area contributed by atoms with Crippen LogP contribution >= 0.6 is 0 Å². The van der Waals surface area contributed by atoms with Gasteiger partial charge in [0, 0.05) is 18.7 Å². The minimum atomic E-state index is -0.325. The van der Waals surface area contributed by atoms with Crippen molar-refractivity contribution in [2.24, 2.45) is 0 Å². The van der Waals surface area contributed by atoms with Gasteiger partial charge in [0.05, 0.1) is 11.1 Å². The fourth-order valence-electron chi connectivity index (χ4n) is 3.62. The van der Waals surface area contributed by atoms with E-state index < -0.39 is 0 Å². The molecule has 0 aliphatic carbocycles. The third-order valence-corrected chi connectivity index (χ3v) is 5.27. The monoisotopic (exact) mass is 408 g/mol. The second kappa shape index (κ2) is 8.57. The number of rotatable bonds is 7. The van der Waals surface area contributed by atoms with E-state index in [2.05, 4.69) is 5.32 Å². The summed E-state index contributed by atoms with van der Waals surface area (Å²) in [5.41, 5.74) is 2.06. The van der Waals surface area contributed by atoms with Crippen molar-refractivity contribution in [2.75, 3.05) is 26.3 Å². The SMILES string of the molecule is CCCCN1C(=O)c2ccc(C(=O)NCCc3ccc4c(c3)OCCO4)cc2C1=O. The number of nitrogens with one attached hydrogen (secondary N) is 1. The fraction of sp³-hybridized carbons (Fsp3) is 0.348. The highest BCUT2D eigenvalue weighted by molar-refractivity contribution is 6.22.